The molecule has 2 fully saturated rings. The van der Waals surface area contributed by atoms with E-state index in [2.05, 4.69) is 31.2 Å². The second-order valence-corrected chi connectivity index (χ2v) is 7.61. The van der Waals surface area contributed by atoms with Gasteiger partial charge in [0.05, 0.1) is 11.7 Å². The molecular weight excluding hydrogens is 280 g/mol. The molecule has 0 saturated carbocycles. The number of thioether (sulfide) groups is 1. The lowest BCUT2D eigenvalue weighted by Crippen LogP contribution is -2.44. The Labute approximate surface area is 132 Å². The molecule has 4 unspecified atom stereocenters. The van der Waals surface area contributed by atoms with Crippen LogP contribution in [0.1, 0.15) is 44.1 Å². The highest BCUT2D eigenvalue weighted by atomic mass is 32.2. The zero-order valence-electron chi connectivity index (χ0n) is 12.8. The summed E-state index contributed by atoms with van der Waals surface area (Å²) in [5, 5.41) is 11.0. The number of rotatable bonds is 4. The largest absolute Gasteiger partial charge is 0.392 e. The molecule has 2 aliphatic heterocycles. The molecule has 1 spiro atoms. The quantitative estimate of drug-likeness (QED) is 0.916. The van der Waals surface area contributed by atoms with Crippen LogP contribution in [0.4, 0.5) is 0 Å². The van der Waals surface area contributed by atoms with Crippen LogP contribution in [0.2, 0.25) is 0 Å². The normalized spacial score (nSPS) is 32.2. The smallest absolute Gasteiger partial charge is 0.0783 e. The molecule has 116 valence electrons. The molecule has 0 radical (unpaired) electrons. The summed E-state index contributed by atoms with van der Waals surface area (Å²) in [6, 6.07) is 10.5. The van der Waals surface area contributed by atoms with Crippen LogP contribution in [0, 0.1) is 5.92 Å². The van der Waals surface area contributed by atoms with E-state index < -0.39 is 0 Å². The molecule has 0 aromatic heterocycles. The van der Waals surface area contributed by atoms with E-state index in [-0.39, 0.29) is 17.6 Å². The van der Waals surface area contributed by atoms with Crippen molar-refractivity contribution >= 4 is 11.8 Å². The molecule has 2 nitrogen and oxygen atoms in total. The van der Waals surface area contributed by atoms with Crippen molar-refractivity contribution in [3.63, 3.8) is 0 Å². The Hall–Kier alpha value is -0.510. The third-order valence-corrected chi connectivity index (χ3v) is 6.38. The van der Waals surface area contributed by atoms with Gasteiger partial charge in [0, 0.05) is 18.3 Å². The maximum absolute atomic E-state index is 11.0. The maximum atomic E-state index is 11.0. The van der Waals surface area contributed by atoms with E-state index in [0.29, 0.717) is 5.92 Å². The van der Waals surface area contributed by atoms with Crippen LogP contribution in [-0.2, 0) is 4.74 Å². The summed E-state index contributed by atoms with van der Waals surface area (Å²) >= 11 is 2.00. The van der Waals surface area contributed by atoms with Gasteiger partial charge >= 0.3 is 0 Å². The second kappa shape index (κ2) is 6.72. The van der Waals surface area contributed by atoms with Gasteiger partial charge in [-0.05, 0) is 42.9 Å². The van der Waals surface area contributed by atoms with Crippen molar-refractivity contribution in [1.82, 2.24) is 0 Å². The maximum Gasteiger partial charge on any atom is 0.0783 e. The lowest BCUT2D eigenvalue weighted by Gasteiger charge is -2.41. The fourth-order valence-corrected chi connectivity index (χ4v) is 5.30. The van der Waals surface area contributed by atoms with Crippen LogP contribution < -0.4 is 0 Å². The van der Waals surface area contributed by atoms with Gasteiger partial charge < -0.3 is 9.84 Å². The Morgan fingerprint density at radius 3 is 2.86 bits per heavy atom. The molecule has 2 aliphatic rings. The molecule has 3 heteroatoms. The SMILES string of the molecule is CCC(c1ccccc1)C(O)C1CCOC2(CCSC2)C1. The zero-order chi connectivity index (χ0) is 14.7. The second-order valence-electron chi connectivity index (χ2n) is 6.50. The minimum absolute atomic E-state index is 0.0591. The lowest BCUT2D eigenvalue weighted by molar-refractivity contribution is -0.104. The standard InChI is InChI=1S/C18H26O2S/c1-2-16(14-6-4-3-5-7-14)17(19)15-8-10-20-18(12-15)9-11-21-13-18/h3-7,15-17,19H,2,8-13H2,1H3. The first-order valence-electron chi connectivity index (χ1n) is 8.19. The molecule has 3 rings (SSSR count). The number of benzene rings is 1. The summed E-state index contributed by atoms with van der Waals surface area (Å²) in [6.07, 6.45) is 3.93. The predicted molar refractivity (Wildman–Crippen MR) is 88.8 cm³/mol. The Morgan fingerprint density at radius 2 is 2.19 bits per heavy atom. The third kappa shape index (κ3) is 3.30. The topological polar surface area (TPSA) is 29.5 Å². The molecule has 1 N–H and O–H groups in total. The Kier molecular flexibility index (Phi) is 4.92. The van der Waals surface area contributed by atoms with E-state index >= 15 is 0 Å². The number of aliphatic hydroxyl groups excluding tert-OH is 1. The molecule has 1 aromatic carbocycles. The molecule has 21 heavy (non-hydrogen) atoms. The van der Waals surface area contributed by atoms with Gasteiger partial charge in [0.25, 0.3) is 0 Å². The van der Waals surface area contributed by atoms with Crippen molar-refractivity contribution in [2.24, 2.45) is 5.92 Å². The van der Waals surface area contributed by atoms with E-state index in [0.717, 1.165) is 38.0 Å². The van der Waals surface area contributed by atoms with Gasteiger partial charge in [0.2, 0.25) is 0 Å². The molecule has 0 aliphatic carbocycles. The van der Waals surface area contributed by atoms with E-state index in [1.807, 2.05) is 17.8 Å². The minimum atomic E-state index is -0.247. The van der Waals surface area contributed by atoms with Crippen molar-refractivity contribution in [3.8, 4) is 0 Å². The summed E-state index contributed by atoms with van der Waals surface area (Å²) in [4.78, 5) is 0. The highest BCUT2D eigenvalue weighted by Gasteiger charge is 2.43. The molecule has 0 bridgehead atoms. The summed E-state index contributed by atoms with van der Waals surface area (Å²) in [5.41, 5.74) is 1.33. The highest BCUT2D eigenvalue weighted by Crippen LogP contribution is 2.43. The van der Waals surface area contributed by atoms with Crippen molar-refractivity contribution in [3.05, 3.63) is 35.9 Å². The summed E-state index contributed by atoms with van der Waals surface area (Å²) in [6.45, 7) is 2.99. The summed E-state index contributed by atoms with van der Waals surface area (Å²) < 4.78 is 6.09. The Bertz CT molecular complexity index is 442. The van der Waals surface area contributed by atoms with Gasteiger partial charge in [-0.25, -0.2) is 0 Å². The van der Waals surface area contributed by atoms with Gasteiger partial charge in [0.1, 0.15) is 0 Å². The summed E-state index contributed by atoms with van der Waals surface area (Å²) in [5.74, 6) is 2.94. The van der Waals surface area contributed by atoms with Gasteiger partial charge in [-0.15, -0.1) is 0 Å². The van der Waals surface area contributed by atoms with Crippen LogP contribution in [0.25, 0.3) is 0 Å². The monoisotopic (exact) mass is 306 g/mol. The van der Waals surface area contributed by atoms with Crippen molar-refractivity contribution in [1.29, 1.82) is 0 Å². The lowest BCUT2D eigenvalue weighted by atomic mass is 9.76. The van der Waals surface area contributed by atoms with Crippen LogP contribution in [0.3, 0.4) is 0 Å². The first kappa shape index (κ1) is 15.4. The average Bonchev–Trinajstić information content (AvgIpc) is 2.97. The van der Waals surface area contributed by atoms with Crippen LogP contribution >= 0.6 is 11.8 Å². The van der Waals surface area contributed by atoms with Crippen molar-refractivity contribution < 1.29 is 9.84 Å². The third-order valence-electron chi connectivity index (χ3n) is 5.16. The van der Waals surface area contributed by atoms with E-state index in [1.54, 1.807) is 0 Å². The molecule has 4 atom stereocenters. The van der Waals surface area contributed by atoms with Crippen LogP contribution in [-0.4, -0.2) is 34.9 Å². The van der Waals surface area contributed by atoms with Crippen molar-refractivity contribution in [2.45, 2.75) is 50.2 Å². The van der Waals surface area contributed by atoms with Gasteiger partial charge in [-0.1, -0.05) is 37.3 Å². The average molecular weight is 306 g/mol. The van der Waals surface area contributed by atoms with Crippen molar-refractivity contribution in [2.75, 3.05) is 18.1 Å². The predicted octanol–water partition coefficient (Wildman–Crippen LogP) is 3.84. The first-order valence-corrected chi connectivity index (χ1v) is 9.34. The van der Waals surface area contributed by atoms with Gasteiger partial charge in [-0.2, -0.15) is 11.8 Å². The van der Waals surface area contributed by atoms with Gasteiger partial charge in [0.15, 0.2) is 0 Å². The van der Waals surface area contributed by atoms with Crippen LogP contribution in [0.5, 0.6) is 0 Å². The number of hydrogen-bond acceptors (Lipinski definition) is 3. The molecule has 2 saturated heterocycles. The number of ether oxygens (including phenoxy) is 1. The summed E-state index contributed by atoms with van der Waals surface area (Å²) in [7, 11) is 0. The Balaban J connectivity index is 1.72. The molecule has 0 amide bonds. The fourth-order valence-electron chi connectivity index (χ4n) is 3.92. The zero-order valence-corrected chi connectivity index (χ0v) is 13.6. The molecule has 2 heterocycles. The van der Waals surface area contributed by atoms with Crippen LogP contribution in [0.15, 0.2) is 30.3 Å². The van der Waals surface area contributed by atoms with E-state index in [9.17, 15) is 5.11 Å². The molecule has 1 aromatic rings. The van der Waals surface area contributed by atoms with Gasteiger partial charge in [-0.3, -0.25) is 0 Å². The minimum Gasteiger partial charge on any atom is -0.392 e. The Morgan fingerprint density at radius 1 is 1.38 bits per heavy atom. The van der Waals surface area contributed by atoms with E-state index in [1.165, 1.54) is 11.3 Å². The fraction of sp³-hybridized carbons (Fsp3) is 0.667. The highest BCUT2D eigenvalue weighted by molar-refractivity contribution is 7.99. The number of hydrogen-bond donors (Lipinski definition) is 1. The first-order chi connectivity index (χ1) is 10.2. The van der Waals surface area contributed by atoms with E-state index in [4.69, 9.17) is 4.74 Å². The number of aliphatic hydroxyl groups is 1. The molecular formula is C18H26O2S.